The average molecular weight is 314 g/mol. The largest absolute Gasteiger partial charge is 0.494 e. The number of hydrogen-bond acceptors (Lipinski definition) is 3. The quantitative estimate of drug-likeness (QED) is 0.737. The van der Waals surface area contributed by atoms with E-state index in [1.807, 2.05) is 38.1 Å². The molecule has 0 bridgehead atoms. The van der Waals surface area contributed by atoms with Crippen molar-refractivity contribution in [1.29, 1.82) is 0 Å². The highest BCUT2D eigenvalue weighted by atomic mass is 32.2. The zero-order valence-corrected chi connectivity index (χ0v) is 15.2. The lowest BCUT2D eigenvalue weighted by molar-refractivity contribution is 0.292. The van der Waals surface area contributed by atoms with Gasteiger partial charge >= 0.3 is 0 Å². The van der Waals surface area contributed by atoms with Gasteiger partial charge in [0.05, 0.1) is 6.61 Å². The first-order valence-corrected chi connectivity index (χ1v) is 9.32. The minimum absolute atomic E-state index is 0.201. The third-order valence-electron chi connectivity index (χ3n) is 3.23. The third-order valence-corrected chi connectivity index (χ3v) is 4.17. The molecular weight excluding hydrogens is 282 g/mol. The molecule has 0 spiro atoms. The zero-order valence-electron chi connectivity index (χ0n) is 14.4. The average Bonchev–Trinajstić information content (AvgIpc) is 2.49. The second-order valence-electron chi connectivity index (χ2n) is 5.29. The van der Waals surface area contributed by atoms with Crippen molar-refractivity contribution in [3.05, 3.63) is 24.3 Å². The number of rotatable bonds is 8. The van der Waals surface area contributed by atoms with Crippen molar-refractivity contribution in [2.24, 2.45) is 0 Å². The highest BCUT2D eigenvalue weighted by Crippen LogP contribution is 2.14. The van der Waals surface area contributed by atoms with Crippen molar-refractivity contribution >= 4 is 10.8 Å². The SMILES string of the molecule is CC.CCC(C)(C)NCCCOc1ccc(S(C)=O)cc1. The minimum Gasteiger partial charge on any atom is -0.494 e. The van der Waals surface area contributed by atoms with Crippen LogP contribution < -0.4 is 10.1 Å². The summed E-state index contributed by atoms with van der Waals surface area (Å²) in [6.07, 6.45) is 3.77. The van der Waals surface area contributed by atoms with Crippen LogP contribution in [0.25, 0.3) is 0 Å². The molecule has 1 atom stereocenters. The van der Waals surface area contributed by atoms with Gasteiger partial charge in [-0.25, -0.2) is 0 Å². The van der Waals surface area contributed by atoms with Gasteiger partial charge in [0.15, 0.2) is 0 Å². The molecule has 1 aromatic carbocycles. The van der Waals surface area contributed by atoms with Gasteiger partial charge in [-0.3, -0.25) is 4.21 Å². The van der Waals surface area contributed by atoms with E-state index in [-0.39, 0.29) is 5.54 Å². The lowest BCUT2D eigenvalue weighted by Gasteiger charge is -2.24. The van der Waals surface area contributed by atoms with E-state index in [9.17, 15) is 4.21 Å². The van der Waals surface area contributed by atoms with Crippen molar-refractivity contribution in [2.45, 2.75) is 57.9 Å². The Morgan fingerprint density at radius 1 is 1.19 bits per heavy atom. The lowest BCUT2D eigenvalue weighted by Crippen LogP contribution is -2.39. The molecule has 0 aliphatic heterocycles. The van der Waals surface area contributed by atoms with Crippen LogP contribution >= 0.6 is 0 Å². The van der Waals surface area contributed by atoms with Crippen LogP contribution in [0.15, 0.2) is 29.2 Å². The summed E-state index contributed by atoms with van der Waals surface area (Å²) in [6, 6.07) is 7.45. The summed E-state index contributed by atoms with van der Waals surface area (Å²) in [5.74, 6) is 0.837. The van der Waals surface area contributed by atoms with E-state index in [4.69, 9.17) is 4.74 Å². The number of nitrogens with one attached hydrogen (secondary N) is 1. The number of ether oxygens (including phenoxy) is 1. The molecule has 1 aromatic rings. The summed E-state index contributed by atoms with van der Waals surface area (Å²) in [7, 11) is -0.923. The Bertz CT molecular complexity index is 402. The van der Waals surface area contributed by atoms with Gasteiger partial charge < -0.3 is 10.1 Å². The van der Waals surface area contributed by atoms with Gasteiger partial charge in [0, 0.05) is 27.5 Å². The molecule has 0 saturated heterocycles. The van der Waals surface area contributed by atoms with Crippen LogP contribution in [0.3, 0.4) is 0 Å². The van der Waals surface area contributed by atoms with E-state index in [2.05, 4.69) is 26.1 Å². The maximum Gasteiger partial charge on any atom is 0.119 e. The van der Waals surface area contributed by atoms with E-state index in [0.29, 0.717) is 6.61 Å². The molecule has 0 aliphatic rings. The highest BCUT2D eigenvalue weighted by Gasteiger charge is 2.12. The first kappa shape index (κ1) is 20.1. The van der Waals surface area contributed by atoms with E-state index >= 15 is 0 Å². The molecule has 0 radical (unpaired) electrons. The molecule has 0 saturated carbocycles. The number of benzene rings is 1. The van der Waals surface area contributed by atoms with Gasteiger partial charge in [0.2, 0.25) is 0 Å². The fourth-order valence-electron chi connectivity index (χ4n) is 1.54. The molecule has 0 aliphatic carbocycles. The Balaban J connectivity index is 0.00000191. The normalized spacial score (nSPS) is 12.3. The molecule has 4 heteroatoms. The van der Waals surface area contributed by atoms with Gasteiger partial charge in [-0.1, -0.05) is 20.8 Å². The van der Waals surface area contributed by atoms with Gasteiger partial charge in [0.25, 0.3) is 0 Å². The fraction of sp³-hybridized carbons (Fsp3) is 0.647. The fourth-order valence-corrected chi connectivity index (χ4v) is 2.06. The van der Waals surface area contributed by atoms with E-state index in [1.54, 1.807) is 6.26 Å². The van der Waals surface area contributed by atoms with Crippen molar-refractivity contribution in [3.63, 3.8) is 0 Å². The van der Waals surface area contributed by atoms with Gasteiger partial charge in [-0.2, -0.15) is 0 Å². The van der Waals surface area contributed by atoms with E-state index in [1.165, 1.54) is 0 Å². The van der Waals surface area contributed by atoms with Crippen molar-refractivity contribution in [3.8, 4) is 5.75 Å². The molecule has 1 rings (SSSR count). The van der Waals surface area contributed by atoms with Crippen LogP contribution in [0, 0.1) is 0 Å². The molecule has 1 N–H and O–H groups in total. The summed E-state index contributed by atoms with van der Waals surface area (Å²) < 4.78 is 16.9. The first-order valence-electron chi connectivity index (χ1n) is 7.76. The van der Waals surface area contributed by atoms with Crippen LogP contribution in [0.4, 0.5) is 0 Å². The maximum absolute atomic E-state index is 11.2. The molecule has 21 heavy (non-hydrogen) atoms. The first-order chi connectivity index (χ1) is 9.94. The van der Waals surface area contributed by atoms with Crippen LogP contribution in [0.1, 0.15) is 47.5 Å². The Labute approximate surface area is 132 Å². The van der Waals surface area contributed by atoms with E-state index < -0.39 is 10.8 Å². The highest BCUT2D eigenvalue weighted by molar-refractivity contribution is 7.84. The molecule has 0 fully saturated rings. The molecule has 0 amide bonds. The molecule has 122 valence electrons. The van der Waals surface area contributed by atoms with Gasteiger partial charge in [0.1, 0.15) is 5.75 Å². The van der Waals surface area contributed by atoms with Gasteiger partial charge in [-0.15, -0.1) is 0 Å². The topological polar surface area (TPSA) is 38.3 Å². The van der Waals surface area contributed by atoms with Crippen LogP contribution in [0.5, 0.6) is 5.75 Å². The van der Waals surface area contributed by atoms with Crippen molar-refractivity contribution in [1.82, 2.24) is 5.32 Å². The summed E-state index contributed by atoms with van der Waals surface area (Å²) in [5, 5.41) is 3.50. The molecule has 0 heterocycles. The molecule has 3 nitrogen and oxygen atoms in total. The lowest BCUT2D eigenvalue weighted by atomic mass is 10.0. The molecular formula is C17H31NO2S. The van der Waals surface area contributed by atoms with Crippen LogP contribution in [0.2, 0.25) is 0 Å². The predicted octanol–water partition coefficient (Wildman–Crippen LogP) is 4.00. The second kappa shape index (κ2) is 10.8. The van der Waals surface area contributed by atoms with E-state index in [0.717, 1.165) is 30.0 Å². The minimum atomic E-state index is -0.923. The van der Waals surface area contributed by atoms with Crippen molar-refractivity contribution in [2.75, 3.05) is 19.4 Å². The Morgan fingerprint density at radius 3 is 2.24 bits per heavy atom. The van der Waals surface area contributed by atoms with Crippen molar-refractivity contribution < 1.29 is 8.95 Å². The molecule has 1 unspecified atom stereocenters. The Morgan fingerprint density at radius 2 is 1.76 bits per heavy atom. The third kappa shape index (κ3) is 8.89. The maximum atomic E-state index is 11.2. The van der Waals surface area contributed by atoms with Gasteiger partial charge in [-0.05, 0) is 57.5 Å². The molecule has 0 aromatic heterocycles. The second-order valence-corrected chi connectivity index (χ2v) is 6.67. The Kier molecular flexibility index (Phi) is 10.4. The summed E-state index contributed by atoms with van der Waals surface area (Å²) in [5.41, 5.74) is 0.201. The summed E-state index contributed by atoms with van der Waals surface area (Å²) in [6.45, 7) is 12.2. The zero-order chi connectivity index (χ0) is 16.3. The summed E-state index contributed by atoms with van der Waals surface area (Å²) >= 11 is 0. The monoisotopic (exact) mass is 313 g/mol. The smallest absolute Gasteiger partial charge is 0.119 e. The van der Waals surface area contributed by atoms with Crippen LogP contribution in [-0.2, 0) is 10.8 Å². The standard InChI is InChI=1S/C15H25NO2S.C2H6/c1-5-15(2,3)16-11-6-12-18-13-7-9-14(10-8-13)19(4)17;1-2/h7-10,16H,5-6,11-12H2,1-4H3;1-2H3. The summed E-state index contributed by atoms with van der Waals surface area (Å²) in [4.78, 5) is 0.832. The predicted molar refractivity (Wildman–Crippen MR) is 92.6 cm³/mol. The van der Waals surface area contributed by atoms with Crippen LogP contribution in [-0.4, -0.2) is 29.2 Å². The number of hydrogen-bond donors (Lipinski definition) is 1. The Hall–Kier alpha value is -0.870.